The molecule has 2 heterocycles. The molecule has 0 unspecified atom stereocenters. The highest BCUT2D eigenvalue weighted by Gasteiger charge is 2.08. The molecule has 1 aromatic carbocycles. The van der Waals surface area contributed by atoms with Crippen molar-refractivity contribution in [2.24, 2.45) is 0 Å². The van der Waals surface area contributed by atoms with Crippen LogP contribution in [0.5, 0.6) is 11.5 Å². The Kier molecular flexibility index (Phi) is 6.01. The van der Waals surface area contributed by atoms with Crippen molar-refractivity contribution in [2.45, 2.75) is 11.4 Å². The Morgan fingerprint density at radius 1 is 1.19 bits per heavy atom. The summed E-state index contributed by atoms with van der Waals surface area (Å²) < 4.78 is 12.5. The highest BCUT2D eigenvalue weighted by molar-refractivity contribution is 7.99. The number of rotatable bonds is 8. The first-order valence-corrected chi connectivity index (χ1v) is 9.22. The topological polar surface area (TPSA) is 64.9 Å². The molecule has 0 aliphatic heterocycles. The summed E-state index contributed by atoms with van der Waals surface area (Å²) in [5.74, 6) is 2.05. The normalized spacial score (nSPS) is 10.7. The molecule has 1 N–H and O–H groups in total. The molecule has 3 aromatic rings. The average Bonchev–Trinajstić information content (AvgIpc) is 3.14. The number of aromatic nitrogens is 2. The standard InChI is InChI=1S/C19H21N3O3S/c1-24-15-7-6-14(12-16(15)25-2)13-18(23)21-9-11-26-19-5-3-4-17-20-8-10-22(17)19/h3-8,10,12H,9,11,13H2,1-2H3,(H,21,23). The third kappa shape index (κ3) is 4.29. The fourth-order valence-corrected chi connectivity index (χ4v) is 3.51. The minimum absolute atomic E-state index is 0.0151. The lowest BCUT2D eigenvalue weighted by Gasteiger charge is -2.10. The molecule has 0 aliphatic carbocycles. The van der Waals surface area contributed by atoms with Gasteiger partial charge in [0.15, 0.2) is 11.5 Å². The SMILES string of the molecule is COc1ccc(CC(=O)NCCSc2cccc3nccn23)cc1OC. The fraction of sp³-hybridized carbons (Fsp3) is 0.263. The second-order valence-corrected chi connectivity index (χ2v) is 6.70. The van der Waals surface area contributed by atoms with Gasteiger partial charge in [-0.1, -0.05) is 12.1 Å². The van der Waals surface area contributed by atoms with E-state index in [2.05, 4.69) is 10.3 Å². The summed E-state index contributed by atoms with van der Waals surface area (Å²) in [6, 6.07) is 11.5. The lowest BCUT2D eigenvalue weighted by molar-refractivity contribution is -0.120. The summed E-state index contributed by atoms with van der Waals surface area (Å²) in [6.07, 6.45) is 4.03. The predicted molar refractivity (Wildman–Crippen MR) is 102 cm³/mol. The first-order valence-electron chi connectivity index (χ1n) is 8.23. The average molecular weight is 371 g/mol. The number of ether oxygens (including phenoxy) is 2. The molecule has 1 amide bonds. The van der Waals surface area contributed by atoms with Gasteiger partial charge in [-0.2, -0.15) is 0 Å². The smallest absolute Gasteiger partial charge is 0.224 e. The molecule has 0 aliphatic rings. The molecule has 26 heavy (non-hydrogen) atoms. The van der Waals surface area contributed by atoms with Crippen LogP contribution in [0.4, 0.5) is 0 Å². The van der Waals surface area contributed by atoms with Crippen LogP contribution in [0, 0.1) is 0 Å². The molecule has 0 saturated heterocycles. The van der Waals surface area contributed by atoms with E-state index in [0.29, 0.717) is 24.5 Å². The van der Waals surface area contributed by atoms with E-state index in [9.17, 15) is 4.79 Å². The van der Waals surface area contributed by atoms with Crippen LogP contribution in [-0.2, 0) is 11.2 Å². The Bertz CT molecular complexity index is 895. The zero-order chi connectivity index (χ0) is 18.4. The Balaban J connectivity index is 1.48. The van der Waals surface area contributed by atoms with Gasteiger partial charge in [0, 0.05) is 24.7 Å². The van der Waals surface area contributed by atoms with Gasteiger partial charge in [-0.3, -0.25) is 9.20 Å². The second kappa shape index (κ2) is 8.62. The summed E-state index contributed by atoms with van der Waals surface area (Å²) >= 11 is 1.69. The number of benzene rings is 1. The third-order valence-corrected chi connectivity index (χ3v) is 4.91. The van der Waals surface area contributed by atoms with Crippen LogP contribution in [0.15, 0.2) is 53.8 Å². The van der Waals surface area contributed by atoms with Crippen molar-refractivity contribution in [1.82, 2.24) is 14.7 Å². The van der Waals surface area contributed by atoms with E-state index >= 15 is 0 Å². The van der Waals surface area contributed by atoms with Gasteiger partial charge in [0.25, 0.3) is 0 Å². The third-order valence-electron chi connectivity index (χ3n) is 3.88. The number of thioether (sulfide) groups is 1. The van der Waals surface area contributed by atoms with Crippen molar-refractivity contribution in [3.63, 3.8) is 0 Å². The lowest BCUT2D eigenvalue weighted by atomic mass is 10.1. The van der Waals surface area contributed by atoms with E-state index in [0.717, 1.165) is 22.0 Å². The summed E-state index contributed by atoms with van der Waals surface area (Å²) in [5, 5.41) is 4.06. The molecule has 3 rings (SSSR count). The molecule has 0 fully saturated rings. The van der Waals surface area contributed by atoms with Gasteiger partial charge in [0.1, 0.15) is 5.65 Å². The largest absolute Gasteiger partial charge is 0.493 e. The fourth-order valence-electron chi connectivity index (χ4n) is 2.62. The maximum absolute atomic E-state index is 12.1. The number of nitrogens with one attached hydrogen (secondary N) is 1. The molecule has 0 saturated carbocycles. The van der Waals surface area contributed by atoms with Gasteiger partial charge in [-0.05, 0) is 29.8 Å². The number of nitrogens with zero attached hydrogens (tertiary/aromatic N) is 2. The van der Waals surface area contributed by atoms with Crippen molar-refractivity contribution in [1.29, 1.82) is 0 Å². The molecule has 136 valence electrons. The quantitative estimate of drug-likeness (QED) is 0.487. The number of amides is 1. The first-order chi connectivity index (χ1) is 12.7. The molecule has 7 heteroatoms. The van der Waals surface area contributed by atoms with E-state index in [1.54, 1.807) is 32.2 Å². The Hall–Kier alpha value is -2.67. The van der Waals surface area contributed by atoms with E-state index in [1.807, 2.05) is 47.0 Å². The molecule has 0 radical (unpaired) electrons. The maximum Gasteiger partial charge on any atom is 0.224 e. The minimum atomic E-state index is -0.0151. The van der Waals surface area contributed by atoms with Crippen LogP contribution in [0.3, 0.4) is 0 Å². The van der Waals surface area contributed by atoms with Crippen LogP contribution in [-0.4, -0.2) is 41.8 Å². The van der Waals surface area contributed by atoms with Crippen molar-refractivity contribution in [3.05, 3.63) is 54.4 Å². The van der Waals surface area contributed by atoms with Crippen molar-refractivity contribution in [3.8, 4) is 11.5 Å². The van der Waals surface area contributed by atoms with E-state index in [4.69, 9.17) is 9.47 Å². The predicted octanol–water partition coefficient (Wildman–Crippen LogP) is 2.80. The highest BCUT2D eigenvalue weighted by Crippen LogP contribution is 2.27. The van der Waals surface area contributed by atoms with E-state index in [-0.39, 0.29) is 5.91 Å². The number of hydrogen-bond acceptors (Lipinski definition) is 5. The second-order valence-electron chi connectivity index (χ2n) is 5.58. The van der Waals surface area contributed by atoms with Gasteiger partial charge in [0.2, 0.25) is 5.91 Å². The zero-order valence-corrected chi connectivity index (χ0v) is 15.6. The number of hydrogen-bond donors (Lipinski definition) is 1. The van der Waals surface area contributed by atoms with Gasteiger partial charge >= 0.3 is 0 Å². The molecule has 6 nitrogen and oxygen atoms in total. The van der Waals surface area contributed by atoms with Crippen LogP contribution in [0.2, 0.25) is 0 Å². The maximum atomic E-state index is 12.1. The van der Waals surface area contributed by atoms with E-state index in [1.165, 1.54) is 0 Å². The Labute approximate surface area is 156 Å². The Morgan fingerprint density at radius 2 is 2.04 bits per heavy atom. The summed E-state index contributed by atoms with van der Waals surface area (Å²) in [7, 11) is 3.17. The number of pyridine rings is 1. The van der Waals surface area contributed by atoms with Crippen molar-refractivity contribution in [2.75, 3.05) is 26.5 Å². The molecule has 2 aromatic heterocycles. The van der Waals surface area contributed by atoms with Gasteiger partial charge in [-0.15, -0.1) is 11.8 Å². The van der Waals surface area contributed by atoms with Crippen LogP contribution >= 0.6 is 11.8 Å². The van der Waals surface area contributed by atoms with Crippen LogP contribution in [0.25, 0.3) is 5.65 Å². The number of carbonyl (C=O) groups excluding carboxylic acids is 1. The Morgan fingerprint density at radius 3 is 2.85 bits per heavy atom. The van der Waals surface area contributed by atoms with Crippen molar-refractivity contribution < 1.29 is 14.3 Å². The van der Waals surface area contributed by atoms with Gasteiger partial charge in [-0.25, -0.2) is 4.98 Å². The van der Waals surface area contributed by atoms with Gasteiger partial charge < -0.3 is 14.8 Å². The number of carbonyl (C=O) groups is 1. The first kappa shape index (κ1) is 18.1. The van der Waals surface area contributed by atoms with Crippen LogP contribution in [0.1, 0.15) is 5.56 Å². The number of methoxy groups -OCH3 is 2. The molecule has 0 bridgehead atoms. The zero-order valence-electron chi connectivity index (χ0n) is 14.8. The van der Waals surface area contributed by atoms with Crippen molar-refractivity contribution >= 4 is 23.3 Å². The van der Waals surface area contributed by atoms with Gasteiger partial charge in [0.05, 0.1) is 25.7 Å². The van der Waals surface area contributed by atoms with E-state index < -0.39 is 0 Å². The lowest BCUT2D eigenvalue weighted by Crippen LogP contribution is -2.27. The molecular weight excluding hydrogens is 350 g/mol. The molecule has 0 atom stereocenters. The summed E-state index contributed by atoms with van der Waals surface area (Å²) in [4.78, 5) is 16.4. The highest BCUT2D eigenvalue weighted by atomic mass is 32.2. The number of imidazole rings is 1. The summed E-state index contributed by atoms with van der Waals surface area (Å²) in [5.41, 5.74) is 1.81. The monoisotopic (exact) mass is 371 g/mol. The number of fused-ring (bicyclic) bond motifs is 1. The molecule has 0 spiro atoms. The minimum Gasteiger partial charge on any atom is -0.493 e. The van der Waals surface area contributed by atoms with Crippen LogP contribution < -0.4 is 14.8 Å². The molecular formula is C19H21N3O3S. The summed E-state index contributed by atoms with van der Waals surface area (Å²) in [6.45, 7) is 0.599.